The number of benzene rings is 2. The number of carboxylic acids is 1. The van der Waals surface area contributed by atoms with Gasteiger partial charge in [-0.05, 0) is 29.8 Å². The van der Waals surface area contributed by atoms with Crippen molar-refractivity contribution in [3.05, 3.63) is 58.6 Å². The molecule has 0 bridgehead atoms. The molecule has 2 rings (SSSR count). The van der Waals surface area contributed by atoms with Crippen molar-refractivity contribution >= 4 is 23.3 Å². The van der Waals surface area contributed by atoms with Crippen LogP contribution >= 0.6 is 11.6 Å². The molecule has 104 valence electrons. The number of halogens is 1. The Kier molecular flexibility index (Phi) is 4.48. The van der Waals surface area contributed by atoms with Crippen LogP contribution in [0.1, 0.15) is 15.9 Å². The maximum atomic E-state index is 11.2. The summed E-state index contributed by atoms with van der Waals surface area (Å²) in [5.74, 6) is -0.268. The van der Waals surface area contributed by atoms with Crippen molar-refractivity contribution in [1.82, 2.24) is 0 Å². The molecular weight excluding hydrogens is 278 g/mol. The minimum atomic E-state index is -1.05. The lowest BCUT2D eigenvalue weighted by Crippen LogP contribution is -2.07. The highest BCUT2D eigenvalue weighted by Crippen LogP contribution is 2.25. The van der Waals surface area contributed by atoms with E-state index in [1.54, 1.807) is 25.3 Å². The summed E-state index contributed by atoms with van der Waals surface area (Å²) in [6.07, 6.45) is 0. The van der Waals surface area contributed by atoms with Crippen LogP contribution in [-0.2, 0) is 6.54 Å². The Morgan fingerprint density at radius 3 is 2.55 bits per heavy atom. The standard InChI is InChI=1S/C15H14ClNO3/c1-20-11-7-5-10(6-8-11)9-17-13-4-2-3-12(16)14(13)15(18)19/h2-8,17H,9H2,1H3,(H,18,19). The predicted octanol–water partition coefficient (Wildman–Crippen LogP) is 3.66. The largest absolute Gasteiger partial charge is 0.497 e. The minimum Gasteiger partial charge on any atom is -0.497 e. The molecule has 0 heterocycles. The van der Waals surface area contributed by atoms with Gasteiger partial charge in [0.15, 0.2) is 0 Å². The Bertz CT molecular complexity index is 611. The first-order valence-electron chi connectivity index (χ1n) is 6.00. The van der Waals surface area contributed by atoms with Crippen molar-refractivity contribution in [3.63, 3.8) is 0 Å². The van der Waals surface area contributed by atoms with Gasteiger partial charge in [-0.1, -0.05) is 29.8 Å². The van der Waals surface area contributed by atoms with Gasteiger partial charge < -0.3 is 15.2 Å². The van der Waals surface area contributed by atoms with E-state index in [4.69, 9.17) is 16.3 Å². The summed E-state index contributed by atoms with van der Waals surface area (Å²) in [6.45, 7) is 0.505. The predicted molar refractivity (Wildman–Crippen MR) is 78.7 cm³/mol. The van der Waals surface area contributed by atoms with Crippen molar-refractivity contribution in [2.75, 3.05) is 12.4 Å². The van der Waals surface area contributed by atoms with Crippen LogP contribution in [0.4, 0.5) is 5.69 Å². The molecule has 0 aliphatic heterocycles. The molecule has 0 aliphatic carbocycles. The zero-order chi connectivity index (χ0) is 14.5. The number of carboxylic acid groups (broad SMARTS) is 1. The summed E-state index contributed by atoms with van der Waals surface area (Å²) >= 11 is 5.91. The van der Waals surface area contributed by atoms with E-state index in [-0.39, 0.29) is 10.6 Å². The molecule has 0 aromatic heterocycles. The first-order chi connectivity index (χ1) is 9.61. The van der Waals surface area contributed by atoms with E-state index in [0.29, 0.717) is 12.2 Å². The van der Waals surface area contributed by atoms with Gasteiger partial charge >= 0.3 is 5.97 Å². The molecule has 20 heavy (non-hydrogen) atoms. The maximum absolute atomic E-state index is 11.2. The smallest absolute Gasteiger partial charge is 0.339 e. The molecule has 0 fully saturated rings. The van der Waals surface area contributed by atoms with Crippen LogP contribution in [0.25, 0.3) is 0 Å². The Morgan fingerprint density at radius 2 is 1.95 bits per heavy atom. The van der Waals surface area contributed by atoms with Gasteiger partial charge in [0.25, 0.3) is 0 Å². The molecule has 2 aromatic rings. The topological polar surface area (TPSA) is 58.6 Å². The van der Waals surface area contributed by atoms with E-state index >= 15 is 0 Å². The molecule has 0 amide bonds. The monoisotopic (exact) mass is 291 g/mol. The Hall–Kier alpha value is -2.20. The van der Waals surface area contributed by atoms with E-state index in [0.717, 1.165) is 11.3 Å². The molecule has 0 saturated heterocycles. The number of methoxy groups -OCH3 is 1. The second kappa shape index (κ2) is 6.30. The van der Waals surface area contributed by atoms with Crippen molar-refractivity contribution in [2.24, 2.45) is 0 Å². The fraction of sp³-hybridized carbons (Fsp3) is 0.133. The Labute approximate surface area is 122 Å². The number of nitrogens with one attached hydrogen (secondary N) is 1. The number of ether oxygens (including phenoxy) is 1. The first kappa shape index (κ1) is 14.2. The average molecular weight is 292 g/mol. The van der Waals surface area contributed by atoms with Crippen LogP contribution in [0.3, 0.4) is 0 Å². The maximum Gasteiger partial charge on any atom is 0.339 e. The molecule has 0 atom stereocenters. The number of carbonyl (C=O) groups is 1. The molecule has 2 N–H and O–H groups in total. The first-order valence-corrected chi connectivity index (χ1v) is 6.38. The van der Waals surface area contributed by atoms with Gasteiger partial charge in [-0.3, -0.25) is 0 Å². The summed E-state index contributed by atoms with van der Waals surface area (Å²) < 4.78 is 5.08. The molecular formula is C15H14ClNO3. The minimum absolute atomic E-state index is 0.0858. The summed E-state index contributed by atoms with van der Waals surface area (Å²) in [5.41, 5.74) is 1.60. The molecule has 5 heteroatoms. The quantitative estimate of drug-likeness (QED) is 0.882. The molecule has 0 aliphatic rings. The fourth-order valence-electron chi connectivity index (χ4n) is 1.83. The third-order valence-electron chi connectivity index (χ3n) is 2.87. The molecule has 0 saturated carbocycles. The van der Waals surface area contributed by atoms with Gasteiger partial charge in [-0.2, -0.15) is 0 Å². The number of hydrogen-bond acceptors (Lipinski definition) is 3. The van der Waals surface area contributed by atoms with Crippen LogP contribution < -0.4 is 10.1 Å². The second-order valence-corrected chi connectivity index (χ2v) is 4.58. The van der Waals surface area contributed by atoms with Crippen LogP contribution in [0, 0.1) is 0 Å². The van der Waals surface area contributed by atoms with Gasteiger partial charge in [0.05, 0.1) is 17.8 Å². The average Bonchev–Trinajstić information content (AvgIpc) is 2.45. The van der Waals surface area contributed by atoms with Gasteiger partial charge in [0, 0.05) is 6.54 Å². The molecule has 0 unspecified atom stereocenters. The number of hydrogen-bond donors (Lipinski definition) is 2. The highest BCUT2D eigenvalue weighted by molar-refractivity contribution is 6.34. The van der Waals surface area contributed by atoms with Crippen molar-refractivity contribution < 1.29 is 14.6 Å². The Morgan fingerprint density at radius 1 is 1.25 bits per heavy atom. The fourth-order valence-corrected chi connectivity index (χ4v) is 2.08. The van der Waals surface area contributed by atoms with E-state index in [1.165, 1.54) is 0 Å². The summed E-state index contributed by atoms with van der Waals surface area (Å²) in [6, 6.07) is 12.5. The zero-order valence-electron chi connectivity index (χ0n) is 10.9. The number of rotatable bonds is 5. The highest BCUT2D eigenvalue weighted by atomic mass is 35.5. The third kappa shape index (κ3) is 3.22. The lowest BCUT2D eigenvalue weighted by molar-refractivity contribution is 0.0698. The third-order valence-corrected chi connectivity index (χ3v) is 3.18. The highest BCUT2D eigenvalue weighted by Gasteiger charge is 2.13. The molecule has 0 spiro atoms. The van der Waals surface area contributed by atoms with E-state index < -0.39 is 5.97 Å². The Balaban J connectivity index is 2.14. The molecule has 4 nitrogen and oxygen atoms in total. The SMILES string of the molecule is COc1ccc(CNc2cccc(Cl)c2C(=O)O)cc1. The van der Waals surface area contributed by atoms with Crippen LogP contribution in [0.5, 0.6) is 5.75 Å². The lowest BCUT2D eigenvalue weighted by atomic mass is 10.1. The normalized spacial score (nSPS) is 10.1. The number of anilines is 1. The second-order valence-electron chi connectivity index (χ2n) is 4.17. The number of aromatic carboxylic acids is 1. The van der Waals surface area contributed by atoms with E-state index in [9.17, 15) is 9.90 Å². The van der Waals surface area contributed by atoms with E-state index in [2.05, 4.69) is 5.32 Å². The van der Waals surface area contributed by atoms with Crippen LogP contribution in [0.2, 0.25) is 5.02 Å². The van der Waals surface area contributed by atoms with Crippen LogP contribution in [-0.4, -0.2) is 18.2 Å². The van der Waals surface area contributed by atoms with Gasteiger partial charge in [-0.25, -0.2) is 4.79 Å². The van der Waals surface area contributed by atoms with E-state index in [1.807, 2.05) is 24.3 Å². The summed E-state index contributed by atoms with van der Waals surface area (Å²) in [4.78, 5) is 11.2. The summed E-state index contributed by atoms with van der Waals surface area (Å²) in [5, 5.41) is 12.5. The zero-order valence-corrected chi connectivity index (χ0v) is 11.6. The van der Waals surface area contributed by atoms with Crippen molar-refractivity contribution in [2.45, 2.75) is 6.54 Å². The van der Waals surface area contributed by atoms with Crippen LogP contribution in [0.15, 0.2) is 42.5 Å². The van der Waals surface area contributed by atoms with Crippen molar-refractivity contribution in [1.29, 1.82) is 0 Å². The van der Waals surface area contributed by atoms with Gasteiger partial charge in [0.1, 0.15) is 11.3 Å². The molecule has 2 aromatic carbocycles. The van der Waals surface area contributed by atoms with Gasteiger partial charge in [0.2, 0.25) is 0 Å². The van der Waals surface area contributed by atoms with Crippen molar-refractivity contribution in [3.8, 4) is 5.75 Å². The molecule has 0 radical (unpaired) electrons. The lowest BCUT2D eigenvalue weighted by Gasteiger charge is -2.11. The van der Waals surface area contributed by atoms with Gasteiger partial charge in [-0.15, -0.1) is 0 Å². The summed E-state index contributed by atoms with van der Waals surface area (Å²) in [7, 11) is 1.61.